The summed E-state index contributed by atoms with van der Waals surface area (Å²) in [6.45, 7) is 9.59. The zero-order valence-corrected chi connectivity index (χ0v) is 14.9. The number of nitrogens with zero attached hydrogens (tertiary/aromatic N) is 1. The molecule has 0 aliphatic rings. The lowest BCUT2D eigenvalue weighted by molar-refractivity contribution is 0.167. The highest BCUT2D eigenvalue weighted by molar-refractivity contribution is 5.85. The topological polar surface area (TPSA) is 37.2 Å². The maximum atomic E-state index is 10.5. The lowest BCUT2D eigenvalue weighted by Crippen LogP contribution is -2.25. The second-order valence-corrected chi connectivity index (χ2v) is 6.69. The first kappa shape index (κ1) is 16.6. The van der Waals surface area contributed by atoms with Crippen LogP contribution in [0, 0.1) is 27.7 Å². The van der Waals surface area contributed by atoms with Crippen LogP contribution in [0.25, 0.3) is 10.9 Å². The van der Waals surface area contributed by atoms with Crippen LogP contribution in [0.1, 0.15) is 22.4 Å². The largest absolute Gasteiger partial charge is 0.389 e. The summed E-state index contributed by atoms with van der Waals surface area (Å²) in [5.74, 6) is 0. The second kappa shape index (κ2) is 6.70. The fourth-order valence-corrected chi connectivity index (χ4v) is 3.35. The lowest BCUT2D eigenvalue weighted by Gasteiger charge is -2.17. The van der Waals surface area contributed by atoms with Crippen molar-refractivity contribution in [3.8, 4) is 0 Å². The van der Waals surface area contributed by atoms with E-state index >= 15 is 0 Å². The molecule has 0 saturated carbocycles. The number of anilines is 1. The van der Waals surface area contributed by atoms with Gasteiger partial charge in [-0.15, -0.1) is 0 Å². The third-order valence-electron chi connectivity index (χ3n) is 4.85. The average molecular weight is 322 g/mol. The molecule has 0 aliphatic heterocycles. The van der Waals surface area contributed by atoms with Crippen molar-refractivity contribution in [2.75, 3.05) is 11.9 Å². The van der Waals surface area contributed by atoms with Crippen LogP contribution in [0.5, 0.6) is 0 Å². The van der Waals surface area contributed by atoms with Gasteiger partial charge in [-0.2, -0.15) is 0 Å². The molecular weight excluding hydrogens is 296 g/mol. The molecule has 0 saturated heterocycles. The third kappa shape index (κ3) is 3.17. The Morgan fingerprint density at radius 2 is 1.79 bits per heavy atom. The number of rotatable bonds is 5. The number of aliphatic hydroxyl groups is 1. The van der Waals surface area contributed by atoms with E-state index in [1.54, 1.807) is 0 Å². The Morgan fingerprint density at radius 1 is 1.04 bits per heavy atom. The number of nitrogens with one attached hydrogen (secondary N) is 1. The molecule has 1 atom stereocenters. The molecule has 0 radical (unpaired) electrons. The van der Waals surface area contributed by atoms with Crippen molar-refractivity contribution in [1.82, 2.24) is 4.57 Å². The van der Waals surface area contributed by atoms with Gasteiger partial charge in [0.1, 0.15) is 0 Å². The van der Waals surface area contributed by atoms with Crippen molar-refractivity contribution >= 4 is 16.6 Å². The van der Waals surface area contributed by atoms with Gasteiger partial charge in [0.25, 0.3) is 0 Å². The molecule has 3 aromatic rings. The quantitative estimate of drug-likeness (QED) is 0.733. The fourth-order valence-electron chi connectivity index (χ4n) is 3.35. The van der Waals surface area contributed by atoms with E-state index in [0.29, 0.717) is 13.1 Å². The average Bonchev–Trinajstić information content (AvgIpc) is 2.79. The van der Waals surface area contributed by atoms with E-state index in [-0.39, 0.29) is 0 Å². The van der Waals surface area contributed by atoms with Crippen LogP contribution in [-0.4, -0.2) is 22.3 Å². The SMILES string of the molecule is Cc1ccc(NC[C@H](O)Cn2c(C)c(C)c3ccccc32)c(C)c1. The van der Waals surface area contributed by atoms with E-state index in [2.05, 4.69) is 80.0 Å². The van der Waals surface area contributed by atoms with Crippen molar-refractivity contribution in [3.63, 3.8) is 0 Å². The Morgan fingerprint density at radius 3 is 2.54 bits per heavy atom. The van der Waals surface area contributed by atoms with Crippen LogP contribution in [0.15, 0.2) is 42.5 Å². The predicted molar refractivity (Wildman–Crippen MR) is 102 cm³/mol. The summed E-state index contributed by atoms with van der Waals surface area (Å²) in [4.78, 5) is 0. The highest BCUT2D eigenvalue weighted by Gasteiger charge is 2.13. The molecule has 0 unspecified atom stereocenters. The molecule has 126 valence electrons. The van der Waals surface area contributed by atoms with Crippen molar-refractivity contribution in [2.24, 2.45) is 0 Å². The minimum Gasteiger partial charge on any atom is -0.389 e. The van der Waals surface area contributed by atoms with Gasteiger partial charge in [-0.1, -0.05) is 35.9 Å². The first-order chi connectivity index (χ1) is 11.5. The van der Waals surface area contributed by atoms with Crippen molar-refractivity contribution in [3.05, 3.63) is 64.8 Å². The smallest absolute Gasteiger partial charge is 0.0891 e. The van der Waals surface area contributed by atoms with Gasteiger partial charge in [0.2, 0.25) is 0 Å². The monoisotopic (exact) mass is 322 g/mol. The number of para-hydroxylation sites is 1. The number of aliphatic hydroxyl groups excluding tert-OH is 1. The van der Waals surface area contributed by atoms with Crippen LogP contribution in [0.3, 0.4) is 0 Å². The molecule has 3 heteroatoms. The molecular formula is C21H26N2O. The van der Waals surface area contributed by atoms with Gasteiger partial charge < -0.3 is 15.0 Å². The Labute approximate surface area is 143 Å². The molecule has 24 heavy (non-hydrogen) atoms. The first-order valence-electron chi connectivity index (χ1n) is 8.51. The number of hydrogen-bond donors (Lipinski definition) is 2. The van der Waals surface area contributed by atoms with Gasteiger partial charge in [0.05, 0.1) is 12.6 Å². The maximum Gasteiger partial charge on any atom is 0.0891 e. The zero-order valence-electron chi connectivity index (χ0n) is 14.9. The molecule has 1 heterocycles. The van der Waals surface area contributed by atoms with E-state index in [1.807, 2.05) is 0 Å². The highest BCUT2D eigenvalue weighted by atomic mass is 16.3. The second-order valence-electron chi connectivity index (χ2n) is 6.69. The van der Waals surface area contributed by atoms with Gasteiger partial charge in [-0.05, 0) is 51.0 Å². The molecule has 0 bridgehead atoms. The van der Waals surface area contributed by atoms with Crippen LogP contribution < -0.4 is 5.32 Å². The lowest BCUT2D eigenvalue weighted by atomic mass is 10.1. The van der Waals surface area contributed by atoms with Crippen LogP contribution in [0.2, 0.25) is 0 Å². The summed E-state index contributed by atoms with van der Waals surface area (Å²) in [5, 5.41) is 15.2. The van der Waals surface area contributed by atoms with E-state index in [1.165, 1.54) is 33.3 Å². The molecule has 2 aromatic carbocycles. The minimum absolute atomic E-state index is 0.445. The van der Waals surface area contributed by atoms with Gasteiger partial charge in [-0.25, -0.2) is 0 Å². The van der Waals surface area contributed by atoms with Crippen molar-refractivity contribution < 1.29 is 5.11 Å². The molecule has 1 aromatic heterocycles. The molecule has 3 rings (SSSR count). The summed E-state index contributed by atoms with van der Waals surface area (Å²) in [6, 6.07) is 14.7. The van der Waals surface area contributed by atoms with Crippen LogP contribution >= 0.6 is 0 Å². The molecule has 0 amide bonds. The molecule has 2 N–H and O–H groups in total. The summed E-state index contributed by atoms with van der Waals surface area (Å²) in [7, 11) is 0. The molecule has 0 spiro atoms. The van der Waals surface area contributed by atoms with E-state index in [9.17, 15) is 5.11 Å². The minimum atomic E-state index is -0.445. The standard InChI is InChI=1S/C21H26N2O/c1-14-9-10-20(15(2)11-14)22-12-18(24)13-23-17(4)16(3)19-7-5-6-8-21(19)23/h5-11,18,22,24H,12-13H2,1-4H3/t18-/m0/s1. The van der Waals surface area contributed by atoms with Crippen LogP contribution in [-0.2, 0) is 6.54 Å². The van der Waals surface area contributed by atoms with Gasteiger partial charge >= 0.3 is 0 Å². The summed E-state index contributed by atoms with van der Waals surface area (Å²) < 4.78 is 2.22. The highest BCUT2D eigenvalue weighted by Crippen LogP contribution is 2.25. The van der Waals surface area contributed by atoms with E-state index in [0.717, 1.165) is 5.69 Å². The van der Waals surface area contributed by atoms with Crippen LogP contribution in [0.4, 0.5) is 5.69 Å². The van der Waals surface area contributed by atoms with Gasteiger partial charge in [0, 0.05) is 28.8 Å². The zero-order chi connectivity index (χ0) is 17.3. The number of benzene rings is 2. The van der Waals surface area contributed by atoms with E-state index < -0.39 is 6.10 Å². The molecule has 0 fully saturated rings. The van der Waals surface area contributed by atoms with Gasteiger partial charge in [-0.3, -0.25) is 0 Å². The number of hydrogen-bond acceptors (Lipinski definition) is 2. The number of fused-ring (bicyclic) bond motifs is 1. The summed E-state index contributed by atoms with van der Waals surface area (Å²) >= 11 is 0. The Balaban J connectivity index is 1.73. The third-order valence-corrected chi connectivity index (χ3v) is 4.85. The molecule has 0 aliphatic carbocycles. The summed E-state index contributed by atoms with van der Waals surface area (Å²) in [6.07, 6.45) is -0.445. The fraction of sp³-hybridized carbons (Fsp3) is 0.333. The Kier molecular flexibility index (Phi) is 4.63. The predicted octanol–water partition coefficient (Wildman–Crippen LogP) is 4.35. The maximum absolute atomic E-state index is 10.5. The van der Waals surface area contributed by atoms with Crippen molar-refractivity contribution in [1.29, 1.82) is 0 Å². The Bertz CT molecular complexity index is 864. The Hall–Kier alpha value is -2.26. The number of aryl methyl sites for hydroxylation is 3. The van der Waals surface area contributed by atoms with E-state index in [4.69, 9.17) is 0 Å². The molecule has 3 nitrogen and oxygen atoms in total. The van der Waals surface area contributed by atoms with Gasteiger partial charge in [0.15, 0.2) is 0 Å². The summed E-state index contributed by atoms with van der Waals surface area (Å²) in [5.41, 5.74) is 7.26. The first-order valence-corrected chi connectivity index (χ1v) is 8.51. The normalized spacial score (nSPS) is 12.5. The number of aromatic nitrogens is 1. The van der Waals surface area contributed by atoms with Crippen molar-refractivity contribution in [2.45, 2.75) is 40.3 Å².